The average Bonchev–Trinajstić information content (AvgIpc) is 2.09. The molecule has 7 heteroatoms. The van der Waals surface area contributed by atoms with E-state index in [2.05, 4.69) is 5.32 Å². The van der Waals surface area contributed by atoms with Crippen molar-refractivity contribution in [3.05, 3.63) is 0 Å². The Bertz CT molecular complexity index is 267. The molecule has 1 saturated heterocycles. The fraction of sp³-hybridized carbons (Fsp3) is 0.889. The monoisotopic (exact) mass is 239 g/mol. The van der Waals surface area contributed by atoms with Gasteiger partial charge in [0.05, 0.1) is 6.04 Å². The van der Waals surface area contributed by atoms with Crippen LogP contribution in [0.25, 0.3) is 0 Å². The summed E-state index contributed by atoms with van der Waals surface area (Å²) >= 11 is 0. The van der Waals surface area contributed by atoms with Gasteiger partial charge in [0.2, 0.25) is 5.91 Å². The third kappa shape index (κ3) is 2.65. The Hall–Kier alpha value is -0.820. The molecule has 0 radical (unpaired) electrons. The number of hydrogen-bond acceptors (Lipinski definition) is 3. The first-order chi connectivity index (χ1) is 7.25. The van der Waals surface area contributed by atoms with E-state index in [9.17, 15) is 18.0 Å². The van der Waals surface area contributed by atoms with E-state index in [1.165, 1.54) is 13.8 Å². The van der Waals surface area contributed by atoms with Gasteiger partial charge in [-0.1, -0.05) is 0 Å². The number of rotatable bonds is 2. The molecule has 3 unspecified atom stereocenters. The highest BCUT2D eigenvalue weighted by molar-refractivity contribution is 5.82. The van der Waals surface area contributed by atoms with Gasteiger partial charge in [0.1, 0.15) is 6.04 Å². The van der Waals surface area contributed by atoms with E-state index in [0.29, 0.717) is 0 Å². The maximum Gasteiger partial charge on any atom is 0.405 e. The summed E-state index contributed by atoms with van der Waals surface area (Å²) in [7, 11) is 0. The third-order valence-electron chi connectivity index (χ3n) is 2.74. The number of halogens is 3. The summed E-state index contributed by atoms with van der Waals surface area (Å²) in [6, 6.07) is -3.63. The molecule has 3 N–H and O–H groups in total. The van der Waals surface area contributed by atoms with Crippen molar-refractivity contribution in [2.24, 2.45) is 5.73 Å². The van der Waals surface area contributed by atoms with Gasteiger partial charge >= 0.3 is 6.18 Å². The van der Waals surface area contributed by atoms with Crippen LogP contribution in [0, 0.1) is 0 Å². The molecule has 16 heavy (non-hydrogen) atoms. The lowest BCUT2D eigenvalue weighted by Crippen LogP contribution is -2.64. The van der Waals surface area contributed by atoms with Crippen LogP contribution in [0.5, 0.6) is 0 Å². The van der Waals surface area contributed by atoms with Gasteiger partial charge < -0.3 is 11.1 Å². The predicted octanol–water partition coefficient (Wildman–Crippen LogP) is 0.0848. The summed E-state index contributed by atoms with van der Waals surface area (Å²) in [6.07, 6.45) is -4.42. The Morgan fingerprint density at radius 3 is 2.56 bits per heavy atom. The first-order valence-corrected chi connectivity index (χ1v) is 5.11. The molecule has 1 amide bonds. The second kappa shape index (κ2) is 4.58. The van der Waals surface area contributed by atoms with Crippen LogP contribution in [0.3, 0.4) is 0 Å². The summed E-state index contributed by atoms with van der Waals surface area (Å²) in [5, 5.41) is 2.52. The first kappa shape index (κ1) is 13.2. The van der Waals surface area contributed by atoms with Crippen molar-refractivity contribution in [3.8, 4) is 0 Å². The van der Waals surface area contributed by atoms with Crippen LogP contribution in [-0.4, -0.2) is 48.2 Å². The molecule has 0 aromatic heterocycles. The Morgan fingerprint density at radius 1 is 1.56 bits per heavy atom. The van der Waals surface area contributed by atoms with Gasteiger partial charge in [0.15, 0.2) is 0 Å². The highest BCUT2D eigenvalue weighted by Gasteiger charge is 2.48. The van der Waals surface area contributed by atoms with Crippen molar-refractivity contribution in [1.29, 1.82) is 0 Å². The SMILES string of the molecule is CC(N)C(N1CCNC(=O)C1C)C(F)(F)F. The Labute approximate surface area is 92.0 Å². The number of carbonyl (C=O) groups is 1. The number of amides is 1. The fourth-order valence-corrected chi connectivity index (χ4v) is 1.97. The highest BCUT2D eigenvalue weighted by atomic mass is 19.4. The molecule has 1 fully saturated rings. The normalized spacial score (nSPS) is 27.4. The van der Waals surface area contributed by atoms with Crippen molar-refractivity contribution < 1.29 is 18.0 Å². The van der Waals surface area contributed by atoms with E-state index in [0.717, 1.165) is 4.90 Å². The van der Waals surface area contributed by atoms with E-state index in [-0.39, 0.29) is 19.0 Å². The van der Waals surface area contributed by atoms with Gasteiger partial charge in [-0.25, -0.2) is 0 Å². The topological polar surface area (TPSA) is 58.4 Å². The lowest BCUT2D eigenvalue weighted by Gasteiger charge is -2.41. The minimum absolute atomic E-state index is 0.165. The second-order valence-electron chi connectivity index (χ2n) is 4.05. The summed E-state index contributed by atoms with van der Waals surface area (Å²) in [6.45, 7) is 3.15. The van der Waals surface area contributed by atoms with Crippen LogP contribution in [0.2, 0.25) is 0 Å². The first-order valence-electron chi connectivity index (χ1n) is 5.11. The molecular weight excluding hydrogens is 223 g/mol. The molecule has 4 nitrogen and oxygen atoms in total. The van der Waals surface area contributed by atoms with E-state index < -0.39 is 24.3 Å². The smallest absolute Gasteiger partial charge is 0.353 e. The van der Waals surface area contributed by atoms with Crippen LogP contribution in [-0.2, 0) is 4.79 Å². The summed E-state index contributed by atoms with van der Waals surface area (Å²) < 4.78 is 38.4. The van der Waals surface area contributed by atoms with Crippen LogP contribution in [0.15, 0.2) is 0 Å². The quantitative estimate of drug-likeness (QED) is 0.717. The molecule has 0 bridgehead atoms. The van der Waals surface area contributed by atoms with Gasteiger partial charge in [0, 0.05) is 19.1 Å². The highest BCUT2D eigenvalue weighted by Crippen LogP contribution is 2.28. The number of piperazine rings is 1. The van der Waals surface area contributed by atoms with Crippen LogP contribution < -0.4 is 11.1 Å². The molecule has 1 aliphatic heterocycles. The standard InChI is InChI=1S/C9H16F3N3O/c1-5(13)7(9(10,11)12)15-4-3-14-8(16)6(15)2/h5-7H,3-4,13H2,1-2H3,(H,14,16). The summed E-state index contributed by atoms with van der Waals surface area (Å²) in [5.74, 6) is -0.388. The predicted molar refractivity (Wildman–Crippen MR) is 52.7 cm³/mol. The zero-order chi connectivity index (χ0) is 12.5. The van der Waals surface area contributed by atoms with E-state index in [1.54, 1.807) is 0 Å². The molecule has 0 saturated carbocycles. The van der Waals surface area contributed by atoms with Crippen molar-refractivity contribution in [2.45, 2.75) is 38.1 Å². The Balaban J connectivity index is 2.90. The molecule has 0 aromatic carbocycles. The zero-order valence-electron chi connectivity index (χ0n) is 9.21. The van der Waals surface area contributed by atoms with Crippen molar-refractivity contribution in [2.75, 3.05) is 13.1 Å². The zero-order valence-corrected chi connectivity index (χ0v) is 9.21. The molecule has 0 aromatic rings. The van der Waals surface area contributed by atoms with Gasteiger partial charge in [0.25, 0.3) is 0 Å². The number of carbonyl (C=O) groups excluding carboxylic acids is 1. The van der Waals surface area contributed by atoms with Gasteiger partial charge in [-0.05, 0) is 13.8 Å². The fourth-order valence-electron chi connectivity index (χ4n) is 1.97. The van der Waals surface area contributed by atoms with Crippen molar-refractivity contribution in [3.63, 3.8) is 0 Å². The lowest BCUT2D eigenvalue weighted by molar-refractivity contribution is -0.196. The maximum absolute atomic E-state index is 12.8. The summed E-state index contributed by atoms with van der Waals surface area (Å²) in [5.41, 5.74) is 5.37. The minimum atomic E-state index is -4.42. The number of nitrogens with one attached hydrogen (secondary N) is 1. The van der Waals surface area contributed by atoms with E-state index in [1.807, 2.05) is 0 Å². The van der Waals surface area contributed by atoms with E-state index in [4.69, 9.17) is 5.73 Å². The van der Waals surface area contributed by atoms with Gasteiger partial charge in [-0.15, -0.1) is 0 Å². The number of nitrogens with two attached hydrogens (primary N) is 1. The van der Waals surface area contributed by atoms with E-state index >= 15 is 0 Å². The Kier molecular flexibility index (Phi) is 3.80. The lowest BCUT2D eigenvalue weighted by atomic mass is 10.0. The molecule has 1 rings (SSSR count). The van der Waals surface area contributed by atoms with Crippen LogP contribution >= 0.6 is 0 Å². The minimum Gasteiger partial charge on any atom is -0.353 e. The van der Waals surface area contributed by atoms with Gasteiger partial charge in [-0.3, -0.25) is 9.69 Å². The van der Waals surface area contributed by atoms with Crippen molar-refractivity contribution >= 4 is 5.91 Å². The number of alkyl halides is 3. The average molecular weight is 239 g/mol. The largest absolute Gasteiger partial charge is 0.405 e. The Morgan fingerprint density at radius 2 is 2.12 bits per heavy atom. The molecule has 1 heterocycles. The number of nitrogens with zero attached hydrogens (tertiary/aromatic N) is 1. The molecule has 1 aliphatic rings. The second-order valence-corrected chi connectivity index (χ2v) is 4.05. The van der Waals surface area contributed by atoms with Crippen molar-refractivity contribution in [1.82, 2.24) is 10.2 Å². The molecule has 0 spiro atoms. The third-order valence-corrected chi connectivity index (χ3v) is 2.74. The number of hydrogen-bond donors (Lipinski definition) is 2. The molecular formula is C9H16F3N3O. The molecule has 94 valence electrons. The van der Waals surface area contributed by atoms with Crippen LogP contribution in [0.1, 0.15) is 13.8 Å². The maximum atomic E-state index is 12.8. The molecule has 0 aliphatic carbocycles. The summed E-state index contributed by atoms with van der Waals surface area (Å²) in [4.78, 5) is 12.4. The van der Waals surface area contributed by atoms with Gasteiger partial charge in [-0.2, -0.15) is 13.2 Å². The van der Waals surface area contributed by atoms with Crippen LogP contribution in [0.4, 0.5) is 13.2 Å². The molecule has 3 atom stereocenters.